The lowest BCUT2D eigenvalue weighted by Gasteiger charge is -2.15. The molecule has 0 aliphatic heterocycles. The van der Waals surface area contributed by atoms with Crippen molar-refractivity contribution in [3.63, 3.8) is 0 Å². The number of rotatable bonds is 3. The zero-order valence-electron chi connectivity index (χ0n) is 10.6. The van der Waals surface area contributed by atoms with E-state index in [1.165, 1.54) is 0 Å². The minimum Gasteiger partial charge on any atom is -0.480 e. The van der Waals surface area contributed by atoms with Gasteiger partial charge in [-0.15, -0.1) is 0 Å². The Labute approximate surface area is 107 Å². The highest BCUT2D eigenvalue weighted by Gasteiger charge is 2.68. The number of sulfone groups is 1. The van der Waals surface area contributed by atoms with E-state index in [4.69, 9.17) is 0 Å². The van der Waals surface area contributed by atoms with Crippen molar-refractivity contribution in [3.05, 3.63) is 29.3 Å². The van der Waals surface area contributed by atoms with Gasteiger partial charge in [-0.3, -0.25) is 4.79 Å². The van der Waals surface area contributed by atoms with Crippen molar-refractivity contribution in [1.82, 2.24) is 0 Å². The Bertz CT molecular complexity index is 618. The highest BCUT2D eigenvalue weighted by Crippen LogP contribution is 2.53. The van der Waals surface area contributed by atoms with Crippen LogP contribution < -0.4 is 0 Å². The lowest BCUT2D eigenvalue weighted by atomic mass is 10.2. The first kappa shape index (κ1) is 13.1. The molecule has 0 saturated heterocycles. The molecule has 2 rings (SSSR count). The predicted octanol–water partition coefficient (Wildman–Crippen LogP) is 1.94. The highest BCUT2D eigenvalue weighted by atomic mass is 32.2. The van der Waals surface area contributed by atoms with Crippen LogP contribution in [0.25, 0.3) is 0 Å². The second kappa shape index (κ2) is 3.82. The van der Waals surface area contributed by atoms with Gasteiger partial charge in [0, 0.05) is 0 Å². The van der Waals surface area contributed by atoms with Crippen molar-refractivity contribution in [2.75, 3.05) is 0 Å². The minimum atomic E-state index is -3.83. The molecule has 2 unspecified atom stereocenters. The molecule has 0 radical (unpaired) electrons. The number of carbonyl (C=O) groups is 1. The topological polar surface area (TPSA) is 71.4 Å². The second-order valence-corrected chi connectivity index (χ2v) is 7.25. The molecule has 0 aromatic heterocycles. The second-order valence-electron chi connectivity index (χ2n) is 5.07. The van der Waals surface area contributed by atoms with E-state index in [2.05, 4.69) is 0 Å². The molecule has 98 valence electrons. The molecule has 0 bridgehead atoms. The standard InChI is InChI=1S/C13H16O4S/c1-8-4-5-9(2)11(6-8)18(16,17)13(12(14)15)7-10(13)3/h4-6,10H,7H2,1-3H3,(H,14,15). The zero-order valence-corrected chi connectivity index (χ0v) is 11.4. The molecule has 1 aromatic rings. The number of carboxylic acid groups (broad SMARTS) is 1. The molecule has 1 N–H and O–H groups in total. The summed E-state index contributed by atoms with van der Waals surface area (Å²) >= 11 is 0. The fraction of sp³-hybridized carbons (Fsp3) is 0.462. The Balaban J connectivity index is 2.63. The van der Waals surface area contributed by atoms with Gasteiger partial charge in [-0.2, -0.15) is 0 Å². The molecule has 5 heteroatoms. The van der Waals surface area contributed by atoms with Crippen LogP contribution in [0.15, 0.2) is 23.1 Å². The van der Waals surface area contributed by atoms with Crippen molar-refractivity contribution in [3.8, 4) is 0 Å². The lowest BCUT2D eigenvalue weighted by Crippen LogP contribution is -2.34. The fourth-order valence-electron chi connectivity index (χ4n) is 2.38. The van der Waals surface area contributed by atoms with Gasteiger partial charge in [0.1, 0.15) is 0 Å². The van der Waals surface area contributed by atoms with E-state index in [-0.39, 0.29) is 17.2 Å². The molecular formula is C13H16O4S. The summed E-state index contributed by atoms with van der Waals surface area (Å²) in [6.07, 6.45) is 0.193. The van der Waals surface area contributed by atoms with Crippen LogP contribution in [0.5, 0.6) is 0 Å². The van der Waals surface area contributed by atoms with Crippen LogP contribution in [-0.2, 0) is 14.6 Å². The summed E-state index contributed by atoms with van der Waals surface area (Å²) in [5.74, 6) is -1.57. The Kier molecular flexibility index (Phi) is 2.77. The van der Waals surface area contributed by atoms with Crippen molar-refractivity contribution < 1.29 is 18.3 Å². The maximum atomic E-state index is 12.6. The van der Waals surface area contributed by atoms with E-state index in [1.54, 1.807) is 32.9 Å². The van der Waals surface area contributed by atoms with Gasteiger partial charge in [0.2, 0.25) is 0 Å². The van der Waals surface area contributed by atoms with Gasteiger partial charge >= 0.3 is 5.97 Å². The largest absolute Gasteiger partial charge is 0.480 e. The number of hydrogen-bond acceptors (Lipinski definition) is 3. The third-order valence-electron chi connectivity index (χ3n) is 3.72. The predicted molar refractivity (Wildman–Crippen MR) is 67.2 cm³/mol. The van der Waals surface area contributed by atoms with Gasteiger partial charge in [-0.05, 0) is 43.4 Å². The summed E-state index contributed by atoms with van der Waals surface area (Å²) < 4.78 is 23.5. The normalized spacial score (nSPS) is 26.9. The maximum absolute atomic E-state index is 12.6. The zero-order chi connectivity index (χ0) is 13.7. The molecule has 0 spiro atoms. The third kappa shape index (κ3) is 1.57. The van der Waals surface area contributed by atoms with Crippen LogP contribution in [0, 0.1) is 19.8 Å². The average Bonchev–Trinajstić information content (AvgIpc) is 2.95. The van der Waals surface area contributed by atoms with E-state index >= 15 is 0 Å². The molecule has 1 aliphatic carbocycles. The molecule has 4 nitrogen and oxygen atoms in total. The van der Waals surface area contributed by atoms with Gasteiger partial charge in [-0.25, -0.2) is 8.42 Å². The average molecular weight is 268 g/mol. The van der Waals surface area contributed by atoms with Gasteiger partial charge in [0.05, 0.1) is 4.90 Å². The maximum Gasteiger partial charge on any atom is 0.325 e. The summed E-state index contributed by atoms with van der Waals surface area (Å²) in [6.45, 7) is 5.15. The van der Waals surface area contributed by atoms with Crippen LogP contribution in [0.3, 0.4) is 0 Å². The summed E-state index contributed by atoms with van der Waals surface area (Å²) in [7, 11) is -3.83. The quantitative estimate of drug-likeness (QED) is 0.909. The lowest BCUT2D eigenvalue weighted by molar-refractivity contribution is -0.137. The number of benzene rings is 1. The van der Waals surface area contributed by atoms with Gasteiger partial charge in [0.15, 0.2) is 14.6 Å². The van der Waals surface area contributed by atoms with E-state index in [1.807, 2.05) is 6.07 Å². The van der Waals surface area contributed by atoms with Gasteiger partial charge in [-0.1, -0.05) is 19.1 Å². The van der Waals surface area contributed by atoms with Gasteiger partial charge < -0.3 is 5.11 Å². The van der Waals surface area contributed by atoms with Gasteiger partial charge in [0.25, 0.3) is 0 Å². The van der Waals surface area contributed by atoms with Crippen LogP contribution >= 0.6 is 0 Å². The first-order chi connectivity index (χ1) is 8.23. The Morgan fingerprint density at radius 1 is 1.39 bits per heavy atom. The molecular weight excluding hydrogens is 252 g/mol. The summed E-state index contributed by atoms with van der Waals surface area (Å²) in [5.41, 5.74) is 1.41. The number of aryl methyl sites for hydroxylation is 2. The molecule has 0 heterocycles. The summed E-state index contributed by atoms with van der Waals surface area (Å²) in [6, 6.07) is 5.09. The van der Waals surface area contributed by atoms with Crippen LogP contribution in [0.4, 0.5) is 0 Å². The van der Waals surface area contributed by atoms with Crippen LogP contribution in [0.1, 0.15) is 24.5 Å². The molecule has 1 aromatic carbocycles. The molecule has 1 fully saturated rings. The first-order valence-corrected chi connectivity index (χ1v) is 7.27. The fourth-order valence-corrected chi connectivity index (χ4v) is 4.83. The third-order valence-corrected chi connectivity index (χ3v) is 6.44. The molecule has 18 heavy (non-hydrogen) atoms. The Morgan fingerprint density at radius 2 is 1.94 bits per heavy atom. The smallest absolute Gasteiger partial charge is 0.325 e. The van der Waals surface area contributed by atoms with Crippen molar-refractivity contribution in [2.24, 2.45) is 5.92 Å². The van der Waals surface area contributed by atoms with Crippen molar-refractivity contribution in [1.29, 1.82) is 0 Å². The van der Waals surface area contributed by atoms with Crippen LogP contribution in [0.2, 0.25) is 0 Å². The number of aliphatic carboxylic acids is 1. The number of hydrogen-bond donors (Lipinski definition) is 1. The SMILES string of the molecule is Cc1ccc(C)c(S(=O)(=O)C2(C(=O)O)CC2C)c1. The molecule has 2 atom stereocenters. The number of carboxylic acids is 1. The van der Waals surface area contributed by atoms with E-state index in [0.717, 1.165) is 5.56 Å². The Hall–Kier alpha value is -1.36. The van der Waals surface area contributed by atoms with Crippen molar-refractivity contribution >= 4 is 15.8 Å². The molecule has 0 amide bonds. The monoisotopic (exact) mass is 268 g/mol. The summed E-state index contributed by atoms with van der Waals surface area (Å²) in [4.78, 5) is 11.5. The summed E-state index contributed by atoms with van der Waals surface area (Å²) in [5, 5.41) is 9.25. The minimum absolute atomic E-state index is 0.147. The van der Waals surface area contributed by atoms with Crippen molar-refractivity contribution in [2.45, 2.75) is 36.8 Å². The highest BCUT2D eigenvalue weighted by molar-refractivity contribution is 7.94. The van der Waals surface area contributed by atoms with Crippen LogP contribution in [-0.4, -0.2) is 24.2 Å². The molecule has 1 saturated carbocycles. The van der Waals surface area contributed by atoms with E-state index in [9.17, 15) is 18.3 Å². The molecule has 1 aliphatic rings. The van der Waals surface area contributed by atoms with E-state index < -0.39 is 20.6 Å². The van der Waals surface area contributed by atoms with E-state index in [0.29, 0.717) is 5.56 Å². The first-order valence-electron chi connectivity index (χ1n) is 5.79. The Morgan fingerprint density at radius 3 is 2.39 bits per heavy atom.